The molecule has 0 aromatic heterocycles. The topological polar surface area (TPSA) is 69.6 Å². The Balaban J connectivity index is 2.35. The summed E-state index contributed by atoms with van der Waals surface area (Å²) in [6.07, 6.45) is 0.692. The Labute approximate surface area is 105 Å². The second-order valence-electron chi connectivity index (χ2n) is 4.22. The fourth-order valence-corrected chi connectivity index (χ4v) is 2.30. The Bertz CT molecular complexity index is 473. The summed E-state index contributed by atoms with van der Waals surface area (Å²) in [6.45, 7) is 2.73. The van der Waals surface area contributed by atoms with E-state index in [0.29, 0.717) is 25.1 Å². The molecule has 1 aromatic carbocycles. The molecule has 0 saturated carbocycles. The average Bonchev–Trinajstić information content (AvgIpc) is 2.37. The van der Waals surface area contributed by atoms with Gasteiger partial charge in [0.2, 0.25) is 0 Å². The number of amides is 2. The molecule has 0 spiro atoms. The molecule has 5 heteroatoms. The van der Waals surface area contributed by atoms with Crippen LogP contribution in [0.4, 0.5) is 4.79 Å². The van der Waals surface area contributed by atoms with Crippen LogP contribution in [0.1, 0.15) is 24.1 Å². The molecule has 1 heterocycles. The van der Waals surface area contributed by atoms with Crippen LogP contribution in [0.3, 0.4) is 0 Å². The van der Waals surface area contributed by atoms with Crippen molar-refractivity contribution in [1.29, 1.82) is 0 Å². The molecule has 0 fully saturated rings. The lowest BCUT2D eigenvalue weighted by atomic mass is 9.93. The van der Waals surface area contributed by atoms with Crippen molar-refractivity contribution in [2.24, 2.45) is 0 Å². The third kappa shape index (κ3) is 2.16. The van der Waals surface area contributed by atoms with Gasteiger partial charge in [-0.15, -0.1) is 0 Å². The first-order valence-corrected chi connectivity index (χ1v) is 6.00. The summed E-state index contributed by atoms with van der Waals surface area (Å²) in [5.74, 6) is -0.992. The van der Waals surface area contributed by atoms with E-state index in [1.807, 2.05) is 19.1 Å². The highest BCUT2D eigenvalue weighted by Crippen LogP contribution is 2.29. The van der Waals surface area contributed by atoms with Crippen LogP contribution >= 0.6 is 0 Å². The lowest BCUT2D eigenvalue weighted by Gasteiger charge is -2.34. The van der Waals surface area contributed by atoms with Crippen LogP contribution in [0, 0.1) is 0 Å². The Morgan fingerprint density at radius 2 is 2.17 bits per heavy atom. The number of hydrogen-bond donors (Lipinski definition) is 2. The number of urea groups is 1. The molecule has 2 rings (SSSR count). The summed E-state index contributed by atoms with van der Waals surface area (Å²) in [6, 6.07) is 6.18. The Morgan fingerprint density at radius 1 is 1.44 bits per heavy atom. The van der Waals surface area contributed by atoms with Crippen LogP contribution in [0.25, 0.3) is 0 Å². The molecule has 0 aliphatic carbocycles. The number of carbonyl (C=O) groups is 2. The number of fused-ring (bicyclic) bond motifs is 1. The summed E-state index contributed by atoms with van der Waals surface area (Å²) in [5, 5.41) is 12.0. The predicted octanol–water partition coefficient (Wildman–Crippen LogP) is 1.40. The maximum atomic E-state index is 11.9. The highest BCUT2D eigenvalue weighted by Gasteiger charge is 2.35. The van der Waals surface area contributed by atoms with Gasteiger partial charge >= 0.3 is 12.0 Å². The number of hydrogen-bond acceptors (Lipinski definition) is 2. The van der Waals surface area contributed by atoms with Crippen molar-refractivity contribution in [3.8, 4) is 0 Å². The van der Waals surface area contributed by atoms with E-state index in [1.165, 1.54) is 4.90 Å². The predicted molar refractivity (Wildman–Crippen MR) is 66.3 cm³/mol. The quantitative estimate of drug-likeness (QED) is 0.831. The molecule has 0 saturated heterocycles. The molecule has 2 N–H and O–H groups in total. The SMILES string of the molecule is CCNC(=O)N1CCc2ccccc2C1C(=O)O. The van der Waals surface area contributed by atoms with E-state index in [9.17, 15) is 14.7 Å². The maximum absolute atomic E-state index is 11.9. The summed E-state index contributed by atoms with van der Waals surface area (Å²) in [7, 11) is 0. The van der Waals surface area contributed by atoms with Crippen molar-refractivity contribution in [2.45, 2.75) is 19.4 Å². The van der Waals surface area contributed by atoms with Crippen molar-refractivity contribution in [1.82, 2.24) is 10.2 Å². The van der Waals surface area contributed by atoms with E-state index < -0.39 is 12.0 Å². The Kier molecular flexibility index (Phi) is 3.50. The number of nitrogens with zero attached hydrogens (tertiary/aromatic N) is 1. The number of carboxylic acids is 1. The number of nitrogens with one attached hydrogen (secondary N) is 1. The zero-order valence-corrected chi connectivity index (χ0v) is 10.2. The van der Waals surface area contributed by atoms with Gasteiger partial charge in [0.05, 0.1) is 0 Å². The number of carboxylic acid groups (broad SMARTS) is 1. The van der Waals surface area contributed by atoms with Crippen LogP contribution in [-0.2, 0) is 11.2 Å². The lowest BCUT2D eigenvalue weighted by molar-refractivity contribution is -0.142. The van der Waals surface area contributed by atoms with Crippen molar-refractivity contribution in [3.05, 3.63) is 35.4 Å². The van der Waals surface area contributed by atoms with Gasteiger partial charge in [0.25, 0.3) is 0 Å². The fourth-order valence-electron chi connectivity index (χ4n) is 2.30. The normalized spacial score (nSPS) is 18.1. The number of rotatable bonds is 2. The second kappa shape index (κ2) is 5.08. The molecular weight excluding hydrogens is 232 g/mol. The number of benzene rings is 1. The Hall–Kier alpha value is -2.04. The summed E-state index contributed by atoms with van der Waals surface area (Å²) in [4.78, 5) is 24.7. The molecule has 1 aromatic rings. The summed E-state index contributed by atoms with van der Waals surface area (Å²) >= 11 is 0. The molecule has 2 amide bonds. The molecule has 1 aliphatic heterocycles. The summed E-state index contributed by atoms with van der Waals surface area (Å²) < 4.78 is 0. The second-order valence-corrected chi connectivity index (χ2v) is 4.22. The van der Waals surface area contributed by atoms with Crippen LogP contribution in [0.2, 0.25) is 0 Å². The van der Waals surface area contributed by atoms with Crippen molar-refractivity contribution < 1.29 is 14.7 Å². The fraction of sp³-hybridized carbons (Fsp3) is 0.385. The molecule has 1 unspecified atom stereocenters. The van der Waals surface area contributed by atoms with Gasteiger partial charge in [-0.2, -0.15) is 0 Å². The minimum absolute atomic E-state index is 0.320. The Morgan fingerprint density at radius 3 is 2.83 bits per heavy atom. The third-order valence-corrected chi connectivity index (χ3v) is 3.11. The number of carbonyl (C=O) groups excluding carboxylic acids is 1. The lowest BCUT2D eigenvalue weighted by Crippen LogP contribution is -2.48. The largest absolute Gasteiger partial charge is 0.479 e. The monoisotopic (exact) mass is 248 g/mol. The van der Waals surface area contributed by atoms with E-state index in [4.69, 9.17) is 0 Å². The van der Waals surface area contributed by atoms with Crippen LogP contribution in [-0.4, -0.2) is 35.1 Å². The van der Waals surface area contributed by atoms with E-state index in [2.05, 4.69) is 5.32 Å². The summed E-state index contributed by atoms with van der Waals surface area (Å²) in [5.41, 5.74) is 1.72. The van der Waals surface area contributed by atoms with Crippen LogP contribution in [0.15, 0.2) is 24.3 Å². The minimum atomic E-state index is -0.992. The standard InChI is InChI=1S/C13H16N2O3/c1-2-14-13(18)15-8-7-9-5-3-4-6-10(9)11(15)12(16)17/h3-6,11H,2,7-8H2,1H3,(H,14,18)(H,16,17). The molecule has 18 heavy (non-hydrogen) atoms. The van der Waals surface area contributed by atoms with Crippen LogP contribution in [0.5, 0.6) is 0 Å². The molecule has 0 bridgehead atoms. The van der Waals surface area contributed by atoms with E-state index in [-0.39, 0.29) is 6.03 Å². The smallest absolute Gasteiger partial charge is 0.331 e. The zero-order chi connectivity index (χ0) is 13.1. The van der Waals surface area contributed by atoms with Gasteiger partial charge in [-0.25, -0.2) is 9.59 Å². The van der Waals surface area contributed by atoms with Gasteiger partial charge < -0.3 is 15.3 Å². The van der Waals surface area contributed by atoms with Crippen molar-refractivity contribution in [3.63, 3.8) is 0 Å². The first kappa shape index (κ1) is 12.4. The number of aliphatic carboxylic acids is 1. The molecule has 96 valence electrons. The van der Waals surface area contributed by atoms with Gasteiger partial charge in [0.15, 0.2) is 6.04 Å². The zero-order valence-electron chi connectivity index (χ0n) is 10.2. The molecular formula is C13H16N2O3. The van der Waals surface area contributed by atoms with Gasteiger partial charge in [0, 0.05) is 13.1 Å². The van der Waals surface area contributed by atoms with E-state index >= 15 is 0 Å². The van der Waals surface area contributed by atoms with E-state index in [1.54, 1.807) is 12.1 Å². The molecule has 1 atom stereocenters. The highest BCUT2D eigenvalue weighted by atomic mass is 16.4. The first-order chi connectivity index (χ1) is 8.65. The third-order valence-electron chi connectivity index (χ3n) is 3.11. The molecule has 1 aliphatic rings. The highest BCUT2D eigenvalue weighted by molar-refractivity contribution is 5.84. The first-order valence-electron chi connectivity index (χ1n) is 6.00. The maximum Gasteiger partial charge on any atom is 0.331 e. The van der Waals surface area contributed by atoms with Gasteiger partial charge in [-0.3, -0.25) is 0 Å². The minimum Gasteiger partial charge on any atom is -0.479 e. The van der Waals surface area contributed by atoms with Crippen LogP contribution < -0.4 is 5.32 Å². The molecule has 5 nitrogen and oxygen atoms in total. The average molecular weight is 248 g/mol. The van der Waals surface area contributed by atoms with E-state index in [0.717, 1.165) is 5.56 Å². The molecule has 0 radical (unpaired) electrons. The van der Waals surface area contributed by atoms with Gasteiger partial charge in [-0.05, 0) is 24.5 Å². The van der Waals surface area contributed by atoms with Crippen molar-refractivity contribution in [2.75, 3.05) is 13.1 Å². The van der Waals surface area contributed by atoms with Gasteiger partial charge in [-0.1, -0.05) is 24.3 Å². The van der Waals surface area contributed by atoms with Crippen molar-refractivity contribution >= 4 is 12.0 Å². The van der Waals surface area contributed by atoms with Gasteiger partial charge in [0.1, 0.15) is 0 Å².